The Morgan fingerprint density at radius 1 is 0.306 bits per heavy atom. The minimum atomic E-state index is -1.82. The summed E-state index contributed by atoms with van der Waals surface area (Å²) in [5.41, 5.74) is 1.53. The van der Waals surface area contributed by atoms with E-state index in [2.05, 4.69) is 455 Å². The number of likely N-dealkylation sites (tertiary alicyclic amines) is 4. The van der Waals surface area contributed by atoms with Gasteiger partial charge >= 0.3 is 0 Å². The lowest BCUT2D eigenvalue weighted by Gasteiger charge is -2.66. The second kappa shape index (κ2) is 53.1. The number of piperidine rings is 4. The van der Waals surface area contributed by atoms with Crippen LogP contribution in [0.4, 0.5) is 0 Å². The van der Waals surface area contributed by atoms with Gasteiger partial charge in [0.2, 0.25) is 0 Å². The zero-order valence-electron chi connectivity index (χ0n) is 110. The summed E-state index contributed by atoms with van der Waals surface area (Å²) in [5.74, 6) is 0.679. The number of aliphatic hydroxyl groups is 4. The number of hydrogen-bond acceptors (Lipinski definition) is 16. The van der Waals surface area contributed by atoms with Gasteiger partial charge in [0.05, 0.1) is 64.0 Å². The van der Waals surface area contributed by atoms with Crippen molar-refractivity contribution >= 4 is 49.9 Å². The number of aliphatic hydroxyl groups excluding tert-OH is 3. The van der Waals surface area contributed by atoms with Gasteiger partial charge in [-0.3, -0.25) is 29.4 Å². The molecule has 16 nitrogen and oxygen atoms in total. The van der Waals surface area contributed by atoms with Crippen molar-refractivity contribution in [3.63, 3.8) is 0 Å². The maximum atomic E-state index is 10.6. The average molecular weight is 2170 g/mol. The van der Waals surface area contributed by atoms with E-state index in [9.17, 15) is 20.4 Å². The molecular formula is C125H256N6O10Si6. The van der Waals surface area contributed by atoms with Crippen molar-refractivity contribution in [2.75, 3.05) is 46.2 Å². The Bertz CT molecular complexity index is 3810. The van der Waals surface area contributed by atoms with Gasteiger partial charge < -0.3 is 47.0 Å². The third kappa shape index (κ3) is 37.9. The molecule has 2 aromatic rings. The van der Waals surface area contributed by atoms with Crippen molar-refractivity contribution in [1.29, 1.82) is 0 Å². The van der Waals surface area contributed by atoms with Crippen LogP contribution < -0.4 is 0 Å². The molecule has 0 radical (unpaired) electrons. The van der Waals surface area contributed by atoms with Gasteiger partial charge in [0.15, 0.2) is 49.9 Å². The minimum Gasteiger partial charge on any atom is -0.415 e. The lowest BCUT2D eigenvalue weighted by Crippen LogP contribution is -2.76. The SMILES string of the molecule is CC(C)(C)N1C(C)(C)CCCC1(C)C.CC(C)C(c1ccccc1)N(C(C)(C)C)C(C)(C)O.CC(C)C(c1ccccc1)N(C(C)(C)C)C(CO)(CO)CO.CCC1(C(C)O[Si](C)(C)C)CCCC(CC)(C(C)O[Si](C)(C)C)N1C(C)(C)C.CCC1(CO[Si](C)(C)C(C)(C)C)CCCC(CC)(CO[Si](C)(C)C(C)(C)C)N1C(C)(C)C.CCC1(CO[Si](C)(C)C(C)(C)C)CCCC(CC)(CO[Si](C)(C)C(C)(C)C)N1C(C)(C)C. The zero-order valence-corrected chi connectivity index (χ0v) is 116. The summed E-state index contributed by atoms with van der Waals surface area (Å²) in [6, 6.07) is 20.7. The largest absolute Gasteiger partial charge is 0.415 e. The number of hydrogen-bond donors (Lipinski definition) is 4. The Hall–Kier alpha value is -0.899. The molecule has 4 aliphatic heterocycles. The molecule has 0 aliphatic carbocycles. The Morgan fingerprint density at radius 2 is 0.524 bits per heavy atom. The third-order valence-corrected chi connectivity index (χ3v) is 56.1. The number of rotatable bonds is 35. The van der Waals surface area contributed by atoms with E-state index in [0.29, 0.717) is 17.0 Å². The van der Waals surface area contributed by atoms with Gasteiger partial charge in [-0.25, -0.2) is 0 Å². The highest BCUT2D eigenvalue weighted by molar-refractivity contribution is 6.75. The minimum absolute atomic E-state index is 0.0207. The summed E-state index contributed by atoms with van der Waals surface area (Å²) < 4.78 is 41.4. The van der Waals surface area contributed by atoms with Crippen LogP contribution in [-0.2, 0) is 26.6 Å². The normalized spacial score (nSPS) is 24.3. The van der Waals surface area contributed by atoms with Crippen molar-refractivity contribution in [1.82, 2.24) is 29.4 Å². The molecule has 6 rings (SSSR count). The molecule has 147 heavy (non-hydrogen) atoms. The van der Waals surface area contributed by atoms with Crippen molar-refractivity contribution in [2.24, 2.45) is 11.8 Å². The Kier molecular flexibility index (Phi) is 52.1. The Balaban J connectivity index is 0.000000898. The monoisotopic (exact) mass is 2170 g/mol. The molecule has 870 valence electrons. The van der Waals surface area contributed by atoms with Crippen LogP contribution in [0, 0.1) is 11.8 Å². The van der Waals surface area contributed by atoms with Gasteiger partial charge in [-0.2, -0.15) is 0 Å². The van der Waals surface area contributed by atoms with E-state index in [1.165, 1.54) is 82.6 Å². The van der Waals surface area contributed by atoms with Gasteiger partial charge in [0, 0.05) is 89.6 Å². The first-order valence-corrected chi connectivity index (χ1v) is 77.3. The summed E-state index contributed by atoms with van der Waals surface area (Å²) in [4.78, 5) is 15.6. The predicted octanol–water partition coefficient (Wildman–Crippen LogP) is 34.5. The number of benzene rings is 2. The van der Waals surface area contributed by atoms with Crippen molar-refractivity contribution in [3.05, 3.63) is 71.8 Å². The summed E-state index contributed by atoms with van der Waals surface area (Å²) >= 11 is 0. The van der Waals surface area contributed by atoms with Crippen LogP contribution in [0.5, 0.6) is 0 Å². The molecule has 0 aromatic heterocycles. The van der Waals surface area contributed by atoms with E-state index in [1.54, 1.807) is 0 Å². The predicted molar refractivity (Wildman–Crippen MR) is 660 cm³/mol. The van der Waals surface area contributed by atoms with Crippen LogP contribution in [0.2, 0.25) is 112 Å². The quantitative estimate of drug-likeness (QED) is 0.0382. The molecule has 4 fully saturated rings. The van der Waals surface area contributed by atoms with Gasteiger partial charge in [0.25, 0.3) is 0 Å². The molecule has 4 N–H and O–H groups in total. The van der Waals surface area contributed by atoms with Gasteiger partial charge in [0.1, 0.15) is 5.72 Å². The third-order valence-electron chi connectivity index (χ3n) is 36.0. The smallest absolute Gasteiger partial charge is 0.192 e. The van der Waals surface area contributed by atoms with E-state index in [-0.39, 0.29) is 137 Å². The van der Waals surface area contributed by atoms with E-state index >= 15 is 0 Å². The molecule has 4 saturated heterocycles. The topological polar surface area (TPSA) is 156 Å². The van der Waals surface area contributed by atoms with Crippen molar-refractivity contribution in [3.8, 4) is 0 Å². The molecule has 10 unspecified atom stereocenters. The van der Waals surface area contributed by atoms with Crippen LogP contribution in [0.1, 0.15) is 471 Å². The maximum absolute atomic E-state index is 10.6. The molecule has 4 heterocycles. The van der Waals surface area contributed by atoms with Gasteiger partial charge in [-0.15, -0.1) is 0 Å². The first-order valence-electron chi connectivity index (χ1n) is 58.9. The average Bonchev–Trinajstić information content (AvgIpc) is 0.716. The Labute approximate surface area is 922 Å². The first kappa shape index (κ1) is 144. The fourth-order valence-corrected chi connectivity index (χ4v) is 33.2. The molecule has 22 heteroatoms. The van der Waals surface area contributed by atoms with Crippen LogP contribution in [0.15, 0.2) is 60.7 Å². The van der Waals surface area contributed by atoms with Gasteiger partial charge in [-0.1, -0.05) is 213 Å². The number of nitrogens with zero attached hydrogens (tertiary/aromatic N) is 6. The highest BCUT2D eigenvalue weighted by Crippen LogP contribution is 2.57. The highest BCUT2D eigenvalue weighted by atomic mass is 28.4. The van der Waals surface area contributed by atoms with E-state index in [4.69, 9.17) is 26.6 Å². The van der Waals surface area contributed by atoms with Crippen LogP contribution in [-0.4, -0.2) is 247 Å². The summed E-state index contributed by atoms with van der Waals surface area (Å²) in [6.45, 7) is 146. The van der Waals surface area contributed by atoms with E-state index < -0.39 is 61.2 Å². The summed E-state index contributed by atoms with van der Waals surface area (Å²) in [7, 11) is -10.5. The van der Waals surface area contributed by atoms with Crippen molar-refractivity contribution in [2.45, 2.75) is 673 Å². The zero-order chi connectivity index (χ0) is 116. The molecular weight excluding hydrogens is 1910 g/mol. The fraction of sp³-hybridized carbons (Fsp3) is 0.904. The van der Waals surface area contributed by atoms with Crippen LogP contribution in [0.25, 0.3) is 0 Å². The lowest BCUT2D eigenvalue weighted by atomic mass is 9.67. The molecule has 0 spiro atoms. The maximum Gasteiger partial charge on any atom is 0.192 e. The lowest BCUT2D eigenvalue weighted by molar-refractivity contribution is -0.188. The standard InChI is InChI=1S/2C27H59NO2Si2.C23H51NO2Si2.C18H31NO3.C17H29NO.C13H27N/c2*1-16-26(21-29-31(12,13)24(6,7)8)19-18-20-27(17-2,28(26)23(3,4)5)22-30-32(14,15)25(9,10)11;1-14-22(19(3)25-27(8,9)10)17-16-18-23(15-2,24(22)21(5,6)7)20(4)26-28(11,12)13;1-14(2)16(15-9-7-6-8-10-15)19(17(3,4)5)18(11-20,12-21)13-22;1-13(2)15(14-11-9-8-10-12-14)18(16(3,4)5)17(6,7)19;1-11(2,3)14-12(4,5)9-8-10-13(14,6)7/h2*16-22H2,1-15H3;19-20H,14-18H2,1-13H3;6-10,14,16,20-22H,11-13H2,1-5H3;8-13,15,19H,1-7H3;8-10H2,1-7H3. The molecule has 10 atom stereocenters. The summed E-state index contributed by atoms with van der Waals surface area (Å²) in [6.07, 6.45) is 22.3. The molecule has 0 amide bonds. The van der Waals surface area contributed by atoms with Gasteiger partial charge in [-0.05, 0) is 430 Å². The first-order chi connectivity index (χ1) is 65.5. The molecule has 0 bridgehead atoms. The van der Waals surface area contributed by atoms with E-state index in [1.807, 2.05) is 58.9 Å². The molecule has 2 aromatic carbocycles. The second-order valence-corrected chi connectivity index (χ2v) is 90.9. The highest BCUT2D eigenvalue weighted by Gasteiger charge is 2.63. The Morgan fingerprint density at radius 3 is 0.694 bits per heavy atom. The molecule has 0 saturated carbocycles. The van der Waals surface area contributed by atoms with Crippen molar-refractivity contribution < 1.29 is 47.0 Å². The van der Waals surface area contributed by atoms with E-state index in [0.717, 1.165) is 70.5 Å². The second-order valence-electron chi connectivity index (χ2n) is 62.7. The van der Waals surface area contributed by atoms with Crippen LogP contribution in [0.3, 0.4) is 0 Å². The summed E-state index contributed by atoms with van der Waals surface area (Å²) in [5, 5.41) is 41.3. The fourth-order valence-electron chi connectivity index (χ4n) is 26.4. The molecule has 4 aliphatic rings. The van der Waals surface area contributed by atoms with Crippen LogP contribution >= 0.6 is 0 Å².